The van der Waals surface area contributed by atoms with E-state index in [0.717, 1.165) is 12.1 Å². The molecule has 0 aliphatic carbocycles. The number of anilines is 1. The second-order valence-electron chi connectivity index (χ2n) is 2.76. The van der Waals surface area contributed by atoms with Gasteiger partial charge in [-0.15, -0.1) is 0 Å². The van der Waals surface area contributed by atoms with E-state index in [1.165, 1.54) is 0 Å². The largest absolute Gasteiger partial charge is 1.00 e. The van der Waals surface area contributed by atoms with Crippen molar-refractivity contribution in [3.05, 3.63) is 27.8 Å². The van der Waals surface area contributed by atoms with Crippen LogP contribution in [-0.2, 0) is 10.1 Å². The molecular formula is C7H7BrClN3O3S. The Kier molecular flexibility index (Phi) is 5.15. The molecule has 0 spiro atoms. The van der Waals surface area contributed by atoms with Crippen molar-refractivity contribution < 1.29 is 30.0 Å². The highest BCUT2D eigenvalue weighted by molar-refractivity contribution is 7.85. The van der Waals surface area contributed by atoms with Gasteiger partial charge in [-0.1, -0.05) is 11.6 Å². The molecule has 6 nitrogen and oxygen atoms in total. The summed E-state index contributed by atoms with van der Waals surface area (Å²) >= 11 is 5.72. The van der Waals surface area contributed by atoms with Crippen LogP contribution in [0.3, 0.4) is 0 Å². The molecule has 0 saturated heterocycles. The van der Waals surface area contributed by atoms with Gasteiger partial charge in [-0.3, -0.25) is 4.55 Å². The maximum atomic E-state index is 10.8. The van der Waals surface area contributed by atoms with E-state index in [0.29, 0.717) is 5.56 Å². The third kappa shape index (κ3) is 3.31. The summed E-state index contributed by atoms with van der Waals surface area (Å²) in [6.45, 7) is 1.60. The number of hydrogen-bond donors (Lipinski definition) is 2. The van der Waals surface area contributed by atoms with Gasteiger partial charge in [-0.2, -0.15) is 8.42 Å². The van der Waals surface area contributed by atoms with Gasteiger partial charge in [0.05, 0.1) is 4.90 Å². The number of halogens is 2. The fourth-order valence-electron chi connectivity index (χ4n) is 0.973. The van der Waals surface area contributed by atoms with E-state index in [9.17, 15) is 8.42 Å². The van der Waals surface area contributed by atoms with Crippen LogP contribution in [0.4, 0.5) is 5.69 Å². The van der Waals surface area contributed by atoms with Crippen molar-refractivity contribution >= 4 is 27.4 Å². The fraction of sp³-hybridized carbons (Fsp3) is 0.143. The molecule has 1 aromatic rings. The summed E-state index contributed by atoms with van der Waals surface area (Å²) in [4.78, 5) is -0.371. The molecule has 0 saturated carbocycles. The second kappa shape index (κ2) is 5.45. The lowest BCUT2D eigenvalue weighted by Crippen LogP contribution is -3.00. The summed E-state index contributed by atoms with van der Waals surface area (Å²) in [5.41, 5.74) is 2.84. The van der Waals surface area contributed by atoms with Crippen LogP contribution < -0.4 is 22.4 Å². The van der Waals surface area contributed by atoms with Crippen LogP contribution in [0.2, 0.25) is 5.02 Å². The Balaban J connectivity index is 0.00000225. The summed E-state index contributed by atoms with van der Waals surface area (Å²) in [6, 6.07) is 2.21. The summed E-state index contributed by atoms with van der Waals surface area (Å²) in [5.74, 6) is 0. The average molecular weight is 329 g/mol. The Labute approximate surface area is 108 Å². The van der Waals surface area contributed by atoms with Gasteiger partial charge in [-0.25, -0.2) is 0 Å². The Hall–Kier alpha value is -0.880. The molecule has 0 aromatic heterocycles. The first-order chi connectivity index (χ1) is 6.86. The quantitative estimate of drug-likeness (QED) is 0.416. The van der Waals surface area contributed by atoms with Gasteiger partial charge in [0, 0.05) is 5.02 Å². The molecule has 0 aliphatic rings. The standard InChI is InChI=1S/C7H6ClN3O3S.BrH/c1-4-6(8)2-5(15(12,13)14)3-7(4)10-11-9;/h2-3,10H,1H3;1H. The minimum absolute atomic E-state index is 0. The molecule has 0 radical (unpaired) electrons. The molecule has 2 N–H and O–H groups in total. The highest BCUT2D eigenvalue weighted by atomic mass is 79.9. The Morgan fingerprint density at radius 3 is 2.50 bits per heavy atom. The number of diazo groups is 1. The lowest BCUT2D eigenvalue weighted by atomic mass is 10.2. The van der Waals surface area contributed by atoms with Gasteiger partial charge in [0.15, 0.2) is 0 Å². The van der Waals surface area contributed by atoms with E-state index in [2.05, 4.69) is 10.5 Å². The zero-order valence-electron chi connectivity index (χ0n) is 7.98. The van der Waals surface area contributed by atoms with Gasteiger partial charge >= 0.3 is 5.08 Å². The number of benzene rings is 1. The molecule has 0 bridgehead atoms. The van der Waals surface area contributed by atoms with Crippen LogP contribution in [0, 0.1) is 12.3 Å². The highest BCUT2D eigenvalue weighted by Gasteiger charge is 2.16. The molecule has 0 atom stereocenters. The maximum Gasteiger partial charge on any atom is 0.308 e. The predicted octanol–water partition coefficient (Wildman–Crippen LogP) is -0.921. The predicted molar refractivity (Wildman–Crippen MR) is 54.7 cm³/mol. The maximum absolute atomic E-state index is 10.8. The third-order valence-electron chi connectivity index (χ3n) is 1.79. The Morgan fingerprint density at radius 2 is 2.06 bits per heavy atom. The van der Waals surface area contributed by atoms with Crippen molar-refractivity contribution in [2.75, 3.05) is 5.43 Å². The minimum atomic E-state index is -4.33. The molecule has 0 heterocycles. The van der Waals surface area contributed by atoms with Crippen molar-refractivity contribution in [1.29, 1.82) is 5.39 Å². The summed E-state index contributed by atoms with van der Waals surface area (Å²) in [5, 5.41) is 11.1. The monoisotopic (exact) mass is 327 g/mol. The third-order valence-corrected chi connectivity index (χ3v) is 3.01. The Morgan fingerprint density at radius 1 is 1.50 bits per heavy atom. The number of nitrogens with one attached hydrogen (secondary N) is 1. The van der Waals surface area contributed by atoms with Crippen LogP contribution in [0.1, 0.15) is 5.56 Å². The van der Waals surface area contributed by atoms with Gasteiger partial charge in [0.25, 0.3) is 15.5 Å². The number of nitrogens with zero attached hydrogens (tertiary/aromatic N) is 2. The normalized spacial score (nSPS) is 10.1. The SMILES string of the molecule is Cc1c(Cl)cc(S(=O)(=O)O)cc1N[N+]#N.[Br-]. The van der Waals surface area contributed by atoms with Crippen molar-refractivity contribution in [3.63, 3.8) is 0 Å². The smallest absolute Gasteiger partial charge is 0.308 e. The summed E-state index contributed by atoms with van der Waals surface area (Å²) in [7, 11) is -4.33. The summed E-state index contributed by atoms with van der Waals surface area (Å²) < 4.78 is 30.4. The molecule has 9 heteroatoms. The van der Waals surface area contributed by atoms with Crippen LogP contribution in [0.25, 0.3) is 5.08 Å². The molecule has 88 valence electrons. The topological polar surface area (TPSA) is 94.6 Å². The first-order valence-corrected chi connectivity index (χ1v) is 5.56. The van der Waals surface area contributed by atoms with Gasteiger partial charge < -0.3 is 17.0 Å². The molecule has 0 amide bonds. The molecular weight excluding hydrogens is 322 g/mol. The minimum Gasteiger partial charge on any atom is -1.00 e. The van der Waals surface area contributed by atoms with Crippen molar-refractivity contribution in [3.8, 4) is 0 Å². The number of rotatable bonds is 2. The van der Waals surface area contributed by atoms with Gasteiger partial charge in [0.2, 0.25) is 0 Å². The van der Waals surface area contributed by atoms with E-state index in [-0.39, 0.29) is 32.6 Å². The molecule has 16 heavy (non-hydrogen) atoms. The second-order valence-corrected chi connectivity index (χ2v) is 4.59. The van der Waals surface area contributed by atoms with Crippen LogP contribution in [-0.4, -0.2) is 13.0 Å². The molecule has 1 rings (SSSR count). The van der Waals surface area contributed by atoms with E-state index < -0.39 is 10.1 Å². The van der Waals surface area contributed by atoms with Gasteiger partial charge in [0.1, 0.15) is 5.69 Å². The van der Waals surface area contributed by atoms with E-state index in [1.807, 2.05) is 0 Å². The summed E-state index contributed by atoms with van der Waals surface area (Å²) in [6.07, 6.45) is 0. The lowest BCUT2D eigenvalue weighted by molar-refractivity contribution is -0.00000739. The lowest BCUT2D eigenvalue weighted by Gasteiger charge is -2.03. The fourth-order valence-corrected chi connectivity index (χ4v) is 1.79. The molecule has 0 fully saturated rings. The molecule has 0 unspecified atom stereocenters. The number of hydrogen-bond acceptors (Lipinski definition) is 4. The molecule has 0 aliphatic heterocycles. The average Bonchev–Trinajstić information content (AvgIpc) is 2.11. The Bertz CT molecular complexity index is 541. The van der Waals surface area contributed by atoms with Crippen molar-refractivity contribution in [2.24, 2.45) is 0 Å². The first kappa shape index (κ1) is 15.1. The van der Waals surface area contributed by atoms with E-state index in [1.54, 1.807) is 6.92 Å². The first-order valence-electron chi connectivity index (χ1n) is 3.74. The molecule has 1 aromatic carbocycles. The van der Waals surface area contributed by atoms with Crippen molar-refractivity contribution in [1.82, 2.24) is 0 Å². The van der Waals surface area contributed by atoms with Crippen molar-refractivity contribution in [2.45, 2.75) is 11.8 Å². The van der Waals surface area contributed by atoms with E-state index in [4.69, 9.17) is 21.5 Å². The highest BCUT2D eigenvalue weighted by Crippen LogP contribution is 2.27. The van der Waals surface area contributed by atoms with Crippen LogP contribution in [0.5, 0.6) is 0 Å². The van der Waals surface area contributed by atoms with Crippen LogP contribution in [0.15, 0.2) is 17.0 Å². The van der Waals surface area contributed by atoms with E-state index >= 15 is 0 Å². The van der Waals surface area contributed by atoms with Gasteiger partial charge in [-0.05, 0) is 30.0 Å². The zero-order chi connectivity index (χ0) is 11.6. The van der Waals surface area contributed by atoms with Crippen LogP contribution >= 0.6 is 11.6 Å². The zero-order valence-corrected chi connectivity index (χ0v) is 11.1.